The smallest absolute Gasteiger partial charge is 0.262 e. The Hall–Kier alpha value is -1.18. The molecule has 0 atom stereocenters. The second-order valence-corrected chi connectivity index (χ2v) is 7.34. The molecule has 0 unspecified atom stereocenters. The van der Waals surface area contributed by atoms with Crippen molar-refractivity contribution in [2.24, 2.45) is 0 Å². The summed E-state index contributed by atoms with van der Waals surface area (Å²) in [4.78, 5) is 3.96. The SMILES string of the molecule is CCn1cnc(S(=O)(=O)N(C)Cc2cccc(Br)c2)c1. The largest absolute Gasteiger partial charge is 0.336 e. The van der Waals surface area contributed by atoms with Crippen molar-refractivity contribution in [3.63, 3.8) is 0 Å². The Bertz CT molecular complexity index is 697. The Kier molecular flexibility index (Phi) is 4.62. The van der Waals surface area contributed by atoms with Crippen molar-refractivity contribution in [1.29, 1.82) is 0 Å². The molecule has 7 heteroatoms. The van der Waals surface area contributed by atoms with E-state index < -0.39 is 10.0 Å². The van der Waals surface area contributed by atoms with Crippen molar-refractivity contribution in [2.75, 3.05) is 7.05 Å². The van der Waals surface area contributed by atoms with Gasteiger partial charge in [0.1, 0.15) is 0 Å². The van der Waals surface area contributed by atoms with Crippen molar-refractivity contribution in [3.8, 4) is 0 Å². The Labute approximate surface area is 127 Å². The molecule has 0 spiro atoms. The van der Waals surface area contributed by atoms with Gasteiger partial charge in [-0.05, 0) is 24.6 Å². The predicted octanol–water partition coefficient (Wildman–Crippen LogP) is 2.49. The van der Waals surface area contributed by atoms with Crippen LogP contribution in [0.25, 0.3) is 0 Å². The number of rotatable bonds is 5. The van der Waals surface area contributed by atoms with E-state index >= 15 is 0 Å². The molecule has 0 saturated carbocycles. The summed E-state index contributed by atoms with van der Waals surface area (Å²) in [5.74, 6) is 0. The quantitative estimate of drug-likeness (QED) is 0.825. The lowest BCUT2D eigenvalue weighted by molar-refractivity contribution is 0.464. The van der Waals surface area contributed by atoms with Gasteiger partial charge in [0.05, 0.1) is 6.33 Å². The predicted molar refractivity (Wildman–Crippen MR) is 80.7 cm³/mol. The number of aromatic nitrogens is 2. The van der Waals surface area contributed by atoms with Crippen molar-refractivity contribution in [2.45, 2.75) is 25.0 Å². The van der Waals surface area contributed by atoms with Crippen LogP contribution in [0.5, 0.6) is 0 Å². The summed E-state index contributed by atoms with van der Waals surface area (Å²) >= 11 is 3.38. The van der Waals surface area contributed by atoms with Gasteiger partial charge in [0.15, 0.2) is 5.03 Å². The maximum absolute atomic E-state index is 12.4. The second-order valence-electron chi connectivity index (χ2n) is 4.43. The van der Waals surface area contributed by atoms with Gasteiger partial charge in [-0.15, -0.1) is 0 Å². The van der Waals surface area contributed by atoms with Crippen LogP contribution in [0.15, 0.2) is 46.3 Å². The van der Waals surface area contributed by atoms with E-state index in [1.165, 1.54) is 10.6 Å². The molecule has 0 N–H and O–H groups in total. The number of aryl methyl sites for hydroxylation is 1. The van der Waals surface area contributed by atoms with Crippen LogP contribution in [0, 0.1) is 0 Å². The average Bonchev–Trinajstić information content (AvgIpc) is 2.88. The fourth-order valence-corrected chi connectivity index (χ4v) is 3.32. The van der Waals surface area contributed by atoms with Crippen LogP contribution in [0.2, 0.25) is 0 Å². The Morgan fingerprint density at radius 1 is 1.40 bits per heavy atom. The zero-order valence-electron chi connectivity index (χ0n) is 11.3. The highest BCUT2D eigenvalue weighted by molar-refractivity contribution is 9.10. The minimum absolute atomic E-state index is 0.0804. The number of benzene rings is 1. The lowest BCUT2D eigenvalue weighted by Gasteiger charge is -2.15. The third kappa shape index (κ3) is 3.28. The maximum atomic E-state index is 12.4. The summed E-state index contributed by atoms with van der Waals surface area (Å²) in [5, 5.41) is 0.0804. The lowest BCUT2D eigenvalue weighted by Crippen LogP contribution is -2.26. The molecule has 0 bridgehead atoms. The monoisotopic (exact) mass is 357 g/mol. The van der Waals surface area contributed by atoms with Gasteiger partial charge >= 0.3 is 0 Å². The molecule has 1 aromatic heterocycles. The standard InChI is InChI=1S/C13H16BrN3O2S/c1-3-17-9-13(15-10-17)20(18,19)16(2)8-11-5-4-6-12(14)7-11/h4-7,9-10H,3,8H2,1-2H3. The number of nitrogens with zero attached hydrogens (tertiary/aromatic N) is 3. The summed E-state index contributed by atoms with van der Waals surface area (Å²) in [7, 11) is -2.00. The van der Waals surface area contributed by atoms with E-state index in [2.05, 4.69) is 20.9 Å². The maximum Gasteiger partial charge on any atom is 0.262 e. The Morgan fingerprint density at radius 2 is 2.15 bits per heavy atom. The third-order valence-corrected chi connectivity index (χ3v) is 5.13. The van der Waals surface area contributed by atoms with Crippen molar-refractivity contribution < 1.29 is 8.42 Å². The molecule has 0 amide bonds. The molecule has 0 aliphatic carbocycles. The van der Waals surface area contributed by atoms with E-state index in [1.54, 1.807) is 17.8 Å². The van der Waals surface area contributed by atoms with Crippen molar-refractivity contribution >= 4 is 26.0 Å². The number of hydrogen-bond donors (Lipinski definition) is 0. The summed E-state index contributed by atoms with van der Waals surface area (Å²) in [6, 6.07) is 7.57. The molecular weight excluding hydrogens is 342 g/mol. The Morgan fingerprint density at radius 3 is 2.75 bits per heavy atom. The highest BCUT2D eigenvalue weighted by atomic mass is 79.9. The van der Waals surface area contributed by atoms with E-state index in [4.69, 9.17) is 0 Å². The summed E-state index contributed by atoms with van der Waals surface area (Å²) in [6.07, 6.45) is 3.08. The van der Waals surface area contributed by atoms with Crippen molar-refractivity contribution in [1.82, 2.24) is 13.9 Å². The highest BCUT2D eigenvalue weighted by Crippen LogP contribution is 2.17. The lowest BCUT2D eigenvalue weighted by atomic mass is 10.2. The zero-order chi connectivity index (χ0) is 14.8. The van der Waals surface area contributed by atoms with Crippen molar-refractivity contribution in [3.05, 3.63) is 46.8 Å². The number of hydrogen-bond acceptors (Lipinski definition) is 3. The first kappa shape index (κ1) is 15.2. The molecule has 5 nitrogen and oxygen atoms in total. The van der Waals surface area contributed by atoms with Crippen LogP contribution in [-0.4, -0.2) is 29.3 Å². The average molecular weight is 358 g/mol. The van der Waals surface area contributed by atoms with Gasteiger partial charge in [0.2, 0.25) is 0 Å². The fraction of sp³-hybridized carbons (Fsp3) is 0.308. The van der Waals surface area contributed by atoms with Crippen LogP contribution in [0.4, 0.5) is 0 Å². The molecular formula is C13H16BrN3O2S. The van der Waals surface area contributed by atoms with E-state index in [-0.39, 0.29) is 5.03 Å². The molecule has 1 aromatic carbocycles. The van der Waals surface area contributed by atoms with Gasteiger partial charge in [-0.3, -0.25) is 0 Å². The number of imidazole rings is 1. The number of halogens is 1. The van der Waals surface area contributed by atoms with Gasteiger partial charge in [0, 0.05) is 30.8 Å². The first-order chi connectivity index (χ1) is 9.43. The second kappa shape index (κ2) is 6.07. The molecule has 108 valence electrons. The summed E-state index contributed by atoms with van der Waals surface area (Å²) < 4.78 is 28.7. The number of sulfonamides is 1. The highest BCUT2D eigenvalue weighted by Gasteiger charge is 2.23. The van der Waals surface area contributed by atoms with E-state index in [9.17, 15) is 8.42 Å². The molecule has 1 heterocycles. The Balaban J connectivity index is 2.21. The van der Waals surface area contributed by atoms with Crippen LogP contribution >= 0.6 is 15.9 Å². The minimum atomic E-state index is -3.55. The third-order valence-electron chi connectivity index (χ3n) is 2.94. The summed E-state index contributed by atoms with van der Waals surface area (Å²) in [5.41, 5.74) is 0.917. The zero-order valence-corrected chi connectivity index (χ0v) is 13.7. The van der Waals surface area contributed by atoms with E-state index in [1.807, 2.05) is 31.2 Å². The molecule has 0 aliphatic rings. The van der Waals surface area contributed by atoms with Gasteiger partial charge in [-0.25, -0.2) is 13.4 Å². The molecule has 0 radical (unpaired) electrons. The van der Waals surface area contributed by atoms with Crippen LogP contribution in [-0.2, 0) is 23.1 Å². The first-order valence-electron chi connectivity index (χ1n) is 6.16. The summed E-state index contributed by atoms with van der Waals surface area (Å²) in [6.45, 7) is 2.93. The minimum Gasteiger partial charge on any atom is -0.336 e. The molecule has 20 heavy (non-hydrogen) atoms. The van der Waals surface area contributed by atoms with Gasteiger partial charge < -0.3 is 4.57 Å². The van der Waals surface area contributed by atoms with Gasteiger partial charge in [-0.2, -0.15) is 4.31 Å². The van der Waals surface area contributed by atoms with E-state index in [0.29, 0.717) is 13.1 Å². The van der Waals surface area contributed by atoms with Gasteiger partial charge in [0.25, 0.3) is 10.0 Å². The molecule has 0 saturated heterocycles. The van der Waals surface area contributed by atoms with E-state index in [0.717, 1.165) is 10.0 Å². The molecule has 2 rings (SSSR count). The molecule has 0 aliphatic heterocycles. The van der Waals surface area contributed by atoms with Crippen LogP contribution in [0.3, 0.4) is 0 Å². The topological polar surface area (TPSA) is 55.2 Å². The van der Waals surface area contributed by atoms with Crippen LogP contribution in [0.1, 0.15) is 12.5 Å². The first-order valence-corrected chi connectivity index (χ1v) is 8.39. The normalized spacial score (nSPS) is 12.0. The molecule has 2 aromatic rings. The van der Waals surface area contributed by atoms with Crippen LogP contribution < -0.4 is 0 Å². The van der Waals surface area contributed by atoms with Gasteiger partial charge in [-0.1, -0.05) is 28.1 Å². The molecule has 0 fully saturated rings. The fourth-order valence-electron chi connectivity index (χ4n) is 1.78.